The SMILES string of the molecule is Cc1cc2c3nc4nc(nc5[nH]c(nc6nc(nc([nH]3)c2cc1O)-c1cc(O)c(O)cc1-6)c1cc(O)c(O)cc51)-c1cc(O)c(O)cc1-4.Nc1ccc(-c2ccc(-c3ccc(N)cc3)cc2)cc1.Nc1ccc(N)cc1. The van der Waals surface area contributed by atoms with Crippen LogP contribution in [0.5, 0.6) is 40.2 Å². The van der Waals surface area contributed by atoms with E-state index < -0.39 is 34.5 Å². The number of aromatic hydroxyl groups is 7. The summed E-state index contributed by atoms with van der Waals surface area (Å²) >= 11 is 0. The topological polar surface area (TPSA) is 355 Å². The highest BCUT2D eigenvalue weighted by molar-refractivity contribution is 6.08. The Bertz CT molecular complexity index is 3840. The van der Waals surface area contributed by atoms with Crippen LogP contribution < -0.4 is 22.9 Å². The average molecular weight is 1010 g/mol. The number of aryl methyl sites for hydroxylation is 1. The molecule has 0 radical (unpaired) electrons. The minimum Gasteiger partial charge on any atom is -0.508 e. The lowest BCUT2D eigenvalue weighted by Crippen LogP contribution is -1.86. The Morgan fingerprint density at radius 1 is 0.289 bits per heavy atom. The molecular formula is C57H44N12O7. The van der Waals surface area contributed by atoms with Gasteiger partial charge in [-0.3, -0.25) is 0 Å². The normalized spacial score (nSPS) is 11.3. The molecule has 8 aromatic carbocycles. The number of fused-ring (bicyclic) bond motifs is 20. The molecule has 8 bridgehead atoms. The van der Waals surface area contributed by atoms with Crippen LogP contribution in [0.3, 0.4) is 0 Å². The van der Waals surface area contributed by atoms with Crippen molar-refractivity contribution in [1.82, 2.24) is 39.9 Å². The number of phenols is 7. The zero-order valence-corrected chi connectivity index (χ0v) is 40.0. The van der Waals surface area contributed by atoms with Gasteiger partial charge in [-0.25, -0.2) is 29.9 Å². The maximum absolute atomic E-state index is 10.6. The molecule has 0 fully saturated rings. The minimum absolute atomic E-state index is 0.0100. The van der Waals surface area contributed by atoms with Crippen LogP contribution in [0, 0.1) is 6.92 Å². The molecule has 0 amide bonds. The van der Waals surface area contributed by atoms with Crippen molar-refractivity contribution in [1.29, 1.82) is 0 Å². The van der Waals surface area contributed by atoms with E-state index in [0.717, 1.165) is 22.7 Å². The smallest absolute Gasteiger partial charge is 0.164 e. The molecule has 0 unspecified atom stereocenters. The zero-order valence-electron chi connectivity index (χ0n) is 40.0. The lowest BCUT2D eigenvalue weighted by Gasteiger charge is -2.06. The number of hydrogen-bond donors (Lipinski definition) is 13. The van der Waals surface area contributed by atoms with Gasteiger partial charge in [-0.15, -0.1) is 0 Å². The zero-order chi connectivity index (χ0) is 53.1. The molecule has 374 valence electrons. The molecule has 19 nitrogen and oxygen atoms in total. The third-order valence-electron chi connectivity index (χ3n) is 12.7. The summed E-state index contributed by atoms with van der Waals surface area (Å²) in [5.74, 6) is -2.01. The lowest BCUT2D eigenvalue weighted by atomic mass is 10.00. The van der Waals surface area contributed by atoms with Gasteiger partial charge in [-0.05, 0) is 132 Å². The number of H-pyrrole nitrogens is 2. The molecule has 2 aliphatic rings. The fraction of sp³-hybridized carbons (Fsp3) is 0.0175. The van der Waals surface area contributed by atoms with Crippen LogP contribution >= 0.6 is 0 Å². The Kier molecular flexibility index (Phi) is 11.5. The molecular weight excluding hydrogens is 965 g/mol. The summed E-state index contributed by atoms with van der Waals surface area (Å²) in [6, 6.07) is 42.5. The van der Waals surface area contributed by atoms with Crippen molar-refractivity contribution in [2.45, 2.75) is 6.92 Å². The highest BCUT2D eigenvalue weighted by atomic mass is 16.3. The molecule has 13 rings (SSSR count). The third kappa shape index (κ3) is 8.87. The van der Waals surface area contributed by atoms with Crippen molar-refractivity contribution >= 4 is 66.9 Å². The first-order chi connectivity index (χ1) is 36.5. The van der Waals surface area contributed by atoms with E-state index in [-0.39, 0.29) is 46.0 Å². The second kappa shape index (κ2) is 18.5. The molecule has 3 aromatic heterocycles. The Balaban J connectivity index is 0.000000180. The Labute approximate surface area is 430 Å². The van der Waals surface area contributed by atoms with Crippen LogP contribution in [0.1, 0.15) is 5.56 Å². The van der Waals surface area contributed by atoms with Crippen molar-refractivity contribution in [3.8, 4) is 108 Å². The van der Waals surface area contributed by atoms with E-state index in [0.29, 0.717) is 55.0 Å². The summed E-state index contributed by atoms with van der Waals surface area (Å²) in [5.41, 5.74) is 32.8. The van der Waals surface area contributed by atoms with Gasteiger partial charge >= 0.3 is 0 Å². The molecule has 0 atom stereocenters. The number of rotatable bonds is 2. The summed E-state index contributed by atoms with van der Waals surface area (Å²) in [6.07, 6.45) is 0. The van der Waals surface area contributed by atoms with E-state index in [9.17, 15) is 35.7 Å². The summed E-state index contributed by atoms with van der Waals surface area (Å²) in [6.45, 7) is 1.73. The fourth-order valence-electron chi connectivity index (χ4n) is 8.71. The number of nitrogen functional groups attached to an aromatic ring is 4. The number of phenolic OH excluding ortho intramolecular Hbond substituents is 7. The number of hydrogen-bond acceptors (Lipinski definition) is 17. The van der Waals surface area contributed by atoms with Crippen LogP contribution in [0.4, 0.5) is 22.7 Å². The van der Waals surface area contributed by atoms with Crippen LogP contribution in [0.25, 0.3) is 112 Å². The van der Waals surface area contributed by atoms with Gasteiger partial charge in [0.25, 0.3) is 0 Å². The molecule has 17 N–H and O–H groups in total. The van der Waals surface area contributed by atoms with E-state index in [1.807, 2.05) is 48.5 Å². The van der Waals surface area contributed by atoms with Gasteiger partial charge in [0.2, 0.25) is 0 Å². The number of benzene rings is 8. The highest BCUT2D eigenvalue weighted by Gasteiger charge is 2.26. The van der Waals surface area contributed by atoms with E-state index >= 15 is 0 Å². The number of nitrogens with zero attached hydrogens (tertiary/aromatic N) is 6. The number of aromatic amines is 2. The Morgan fingerprint density at radius 3 is 0.803 bits per heavy atom. The van der Waals surface area contributed by atoms with Crippen molar-refractivity contribution in [2.75, 3.05) is 22.9 Å². The van der Waals surface area contributed by atoms with E-state index in [1.54, 1.807) is 37.3 Å². The van der Waals surface area contributed by atoms with Crippen LogP contribution in [0.2, 0.25) is 0 Å². The summed E-state index contributed by atoms with van der Waals surface area (Å²) < 4.78 is 0. The standard InChI is InChI=1S/C33H20N8O7.C18H16N2.C6H8N2/c1-10-2-11-12(3-19(10)42)27-34-26(11)35-28-13-4-20(43)21(44)5-14(13)30(37-28)39-32-17-8-24(47)25(48)9-18(17)33(41-32)40-31-16-7-23(46)22(45)6-15(16)29(36-27)38-31;19-17-9-5-15(6-10-17)13-1-2-14(4-3-13)16-7-11-18(20)12-8-16;7-5-1-2-6(8)4-3-5/h2-9,42-48H,1H3,(H2,34,35,36,37,38,39,40,41);1-12H,19-20H2;1-4H,7-8H2. The number of aromatic nitrogens is 8. The molecule has 11 aromatic rings. The molecule has 5 heterocycles. The van der Waals surface area contributed by atoms with Gasteiger partial charge in [0, 0.05) is 66.5 Å². The predicted molar refractivity (Wildman–Crippen MR) is 294 cm³/mol. The first kappa shape index (κ1) is 47.3. The van der Waals surface area contributed by atoms with E-state index in [4.69, 9.17) is 42.9 Å². The number of anilines is 4. The van der Waals surface area contributed by atoms with E-state index in [2.05, 4.69) is 44.2 Å². The molecule has 0 aliphatic carbocycles. The molecule has 2 aliphatic heterocycles. The molecule has 0 spiro atoms. The third-order valence-corrected chi connectivity index (χ3v) is 12.7. The van der Waals surface area contributed by atoms with Crippen LogP contribution in [-0.4, -0.2) is 75.6 Å². The van der Waals surface area contributed by atoms with Crippen molar-refractivity contribution in [2.24, 2.45) is 0 Å². The van der Waals surface area contributed by atoms with Crippen molar-refractivity contribution in [3.05, 3.63) is 151 Å². The number of nitrogens with two attached hydrogens (primary N) is 4. The first-order valence-corrected chi connectivity index (χ1v) is 23.3. The van der Waals surface area contributed by atoms with Gasteiger partial charge in [0.05, 0.1) is 0 Å². The van der Waals surface area contributed by atoms with Crippen molar-refractivity contribution in [3.63, 3.8) is 0 Å². The molecule has 19 heteroatoms. The predicted octanol–water partition coefficient (Wildman–Crippen LogP) is 10.2. The summed E-state index contributed by atoms with van der Waals surface area (Å²) in [5, 5.41) is 74.8. The Morgan fingerprint density at radius 2 is 0.513 bits per heavy atom. The summed E-state index contributed by atoms with van der Waals surface area (Å²) in [4.78, 5) is 34.5. The number of nitrogens with one attached hydrogen (secondary N) is 2. The van der Waals surface area contributed by atoms with Crippen LogP contribution in [-0.2, 0) is 0 Å². The van der Waals surface area contributed by atoms with Gasteiger partial charge in [0.15, 0.2) is 57.8 Å². The first-order valence-electron chi connectivity index (χ1n) is 23.3. The second-order valence-corrected chi connectivity index (χ2v) is 17.9. The minimum atomic E-state index is -0.417. The average Bonchev–Trinajstić information content (AvgIpc) is 4.11. The second-order valence-electron chi connectivity index (χ2n) is 17.9. The summed E-state index contributed by atoms with van der Waals surface area (Å²) in [7, 11) is 0. The fourth-order valence-corrected chi connectivity index (χ4v) is 8.71. The molecule has 0 saturated heterocycles. The Hall–Kier alpha value is -11.1. The molecule has 0 saturated carbocycles. The van der Waals surface area contributed by atoms with Gasteiger partial charge in [-0.1, -0.05) is 48.5 Å². The van der Waals surface area contributed by atoms with E-state index in [1.165, 1.54) is 64.7 Å². The lowest BCUT2D eigenvalue weighted by molar-refractivity contribution is 0.404. The monoisotopic (exact) mass is 1010 g/mol. The molecule has 76 heavy (non-hydrogen) atoms. The quantitative estimate of drug-likeness (QED) is 0.0565. The van der Waals surface area contributed by atoms with Gasteiger partial charge < -0.3 is 68.6 Å². The maximum atomic E-state index is 10.6. The maximum Gasteiger partial charge on any atom is 0.164 e. The van der Waals surface area contributed by atoms with Gasteiger partial charge in [0.1, 0.15) is 28.3 Å². The van der Waals surface area contributed by atoms with Gasteiger partial charge in [-0.2, -0.15) is 0 Å². The van der Waals surface area contributed by atoms with Crippen LogP contribution in [0.15, 0.2) is 146 Å². The highest BCUT2D eigenvalue weighted by Crippen LogP contribution is 2.44. The van der Waals surface area contributed by atoms with Crippen molar-refractivity contribution < 1.29 is 35.7 Å². The largest absolute Gasteiger partial charge is 0.508 e.